The van der Waals surface area contributed by atoms with Gasteiger partial charge in [0.1, 0.15) is 5.82 Å². The van der Waals surface area contributed by atoms with Crippen molar-refractivity contribution in [3.8, 4) is 0 Å². The molecule has 7 heteroatoms. The Morgan fingerprint density at radius 1 is 0.900 bits per heavy atom. The summed E-state index contributed by atoms with van der Waals surface area (Å²) in [4.78, 5) is 39.1. The molecule has 4 rings (SSSR count). The minimum atomic E-state index is -0.379. The van der Waals surface area contributed by atoms with Gasteiger partial charge in [-0.05, 0) is 68.1 Å². The van der Waals surface area contributed by atoms with Gasteiger partial charge in [-0.25, -0.2) is 4.39 Å². The minimum absolute atomic E-state index is 0.108. The fourth-order valence-electron chi connectivity index (χ4n) is 3.60. The van der Waals surface area contributed by atoms with Crippen LogP contribution in [0.2, 0.25) is 0 Å². The number of likely N-dealkylation sites (tertiary alicyclic amines) is 1. The van der Waals surface area contributed by atoms with Crippen LogP contribution >= 0.6 is 0 Å². The number of hydrogen-bond donors (Lipinski definition) is 2. The van der Waals surface area contributed by atoms with Crippen molar-refractivity contribution in [1.29, 1.82) is 0 Å². The first-order chi connectivity index (χ1) is 14.5. The van der Waals surface area contributed by atoms with Crippen LogP contribution in [0.1, 0.15) is 46.4 Å². The van der Waals surface area contributed by atoms with Crippen molar-refractivity contribution in [3.63, 3.8) is 0 Å². The van der Waals surface area contributed by atoms with E-state index in [-0.39, 0.29) is 35.5 Å². The Morgan fingerprint density at radius 2 is 1.60 bits per heavy atom. The van der Waals surface area contributed by atoms with Gasteiger partial charge in [-0.15, -0.1) is 0 Å². The number of nitrogens with one attached hydrogen (secondary N) is 2. The van der Waals surface area contributed by atoms with Gasteiger partial charge in [0.05, 0.1) is 0 Å². The van der Waals surface area contributed by atoms with Gasteiger partial charge in [0, 0.05) is 41.9 Å². The summed E-state index contributed by atoms with van der Waals surface area (Å²) in [5.41, 5.74) is 1.56. The van der Waals surface area contributed by atoms with Gasteiger partial charge in [0.2, 0.25) is 5.91 Å². The monoisotopic (exact) mass is 409 g/mol. The van der Waals surface area contributed by atoms with Crippen LogP contribution in [0.5, 0.6) is 0 Å². The number of halogens is 1. The quantitative estimate of drug-likeness (QED) is 0.796. The summed E-state index contributed by atoms with van der Waals surface area (Å²) in [6.07, 6.45) is 3.15. The molecule has 1 aliphatic carbocycles. The number of carbonyl (C=O) groups is 3. The van der Waals surface area contributed by atoms with Crippen LogP contribution in [-0.4, -0.2) is 41.8 Å². The van der Waals surface area contributed by atoms with E-state index < -0.39 is 0 Å². The minimum Gasteiger partial charge on any atom is -0.349 e. The lowest BCUT2D eigenvalue weighted by Gasteiger charge is -2.31. The van der Waals surface area contributed by atoms with Crippen molar-refractivity contribution in [2.45, 2.75) is 31.7 Å². The zero-order chi connectivity index (χ0) is 21.1. The van der Waals surface area contributed by atoms with E-state index in [1.807, 2.05) is 0 Å². The van der Waals surface area contributed by atoms with Gasteiger partial charge in [-0.2, -0.15) is 0 Å². The van der Waals surface area contributed by atoms with Gasteiger partial charge in [-0.1, -0.05) is 6.07 Å². The molecular formula is C23H24FN3O3. The van der Waals surface area contributed by atoms with Crippen molar-refractivity contribution in [1.82, 2.24) is 10.2 Å². The van der Waals surface area contributed by atoms with E-state index >= 15 is 0 Å². The fraction of sp³-hybridized carbons (Fsp3) is 0.348. The Hall–Kier alpha value is -3.22. The van der Waals surface area contributed by atoms with E-state index in [1.54, 1.807) is 29.2 Å². The maximum Gasteiger partial charge on any atom is 0.253 e. The molecule has 6 nitrogen and oxygen atoms in total. The maximum absolute atomic E-state index is 13.0. The number of anilines is 1. The Morgan fingerprint density at radius 3 is 2.27 bits per heavy atom. The number of piperidine rings is 1. The first-order valence-corrected chi connectivity index (χ1v) is 10.3. The van der Waals surface area contributed by atoms with Gasteiger partial charge < -0.3 is 15.5 Å². The lowest BCUT2D eigenvalue weighted by Crippen LogP contribution is -2.41. The highest BCUT2D eigenvalue weighted by atomic mass is 19.1. The number of rotatable bonds is 5. The molecule has 1 saturated carbocycles. The molecule has 156 valence electrons. The Balaban J connectivity index is 1.30. The van der Waals surface area contributed by atoms with Crippen molar-refractivity contribution in [2.24, 2.45) is 5.92 Å². The van der Waals surface area contributed by atoms with E-state index in [1.165, 1.54) is 24.3 Å². The van der Waals surface area contributed by atoms with Gasteiger partial charge >= 0.3 is 0 Å². The fourth-order valence-corrected chi connectivity index (χ4v) is 3.60. The Bertz CT molecular complexity index is 948. The Kier molecular flexibility index (Phi) is 5.79. The lowest BCUT2D eigenvalue weighted by atomic mass is 9.95. The van der Waals surface area contributed by atoms with Crippen LogP contribution in [0, 0.1) is 11.7 Å². The predicted octanol–water partition coefficient (Wildman–Crippen LogP) is 3.21. The van der Waals surface area contributed by atoms with Crippen molar-refractivity contribution < 1.29 is 18.8 Å². The summed E-state index contributed by atoms with van der Waals surface area (Å²) < 4.78 is 13.0. The lowest BCUT2D eigenvalue weighted by molar-refractivity contribution is -0.121. The molecule has 0 atom stereocenters. The zero-order valence-electron chi connectivity index (χ0n) is 16.6. The summed E-state index contributed by atoms with van der Waals surface area (Å²) >= 11 is 0. The van der Waals surface area contributed by atoms with Crippen molar-refractivity contribution in [2.75, 3.05) is 18.4 Å². The second-order valence-corrected chi connectivity index (χ2v) is 7.89. The van der Waals surface area contributed by atoms with Crippen LogP contribution in [0.3, 0.4) is 0 Å². The molecule has 0 spiro atoms. The molecule has 0 aromatic heterocycles. The van der Waals surface area contributed by atoms with Crippen LogP contribution < -0.4 is 10.6 Å². The number of nitrogens with zero attached hydrogens (tertiary/aromatic N) is 1. The molecule has 0 bridgehead atoms. The third kappa shape index (κ3) is 4.84. The maximum atomic E-state index is 13.0. The highest BCUT2D eigenvalue weighted by Gasteiger charge is 2.28. The average Bonchev–Trinajstić information content (AvgIpc) is 3.58. The van der Waals surface area contributed by atoms with E-state index in [0.717, 1.165) is 12.8 Å². The second kappa shape index (κ2) is 8.65. The number of hydrogen-bond acceptors (Lipinski definition) is 3. The molecule has 1 heterocycles. The second-order valence-electron chi connectivity index (χ2n) is 7.89. The molecule has 2 aromatic rings. The molecule has 2 aromatic carbocycles. The summed E-state index contributed by atoms with van der Waals surface area (Å²) in [5.74, 6) is -0.963. The van der Waals surface area contributed by atoms with Crippen LogP contribution in [0.25, 0.3) is 0 Å². The SMILES string of the molecule is O=C(NC1CC1)c1cccc(NC(=O)C2CCN(C(=O)c3ccc(F)cc3)CC2)c1. The molecule has 3 amide bonds. The topological polar surface area (TPSA) is 78.5 Å². The van der Waals surface area contributed by atoms with E-state index in [9.17, 15) is 18.8 Å². The summed E-state index contributed by atoms with van der Waals surface area (Å²) in [6, 6.07) is 12.7. The first kappa shape index (κ1) is 20.1. The van der Waals surface area contributed by atoms with E-state index in [0.29, 0.717) is 42.7 Å². The number of benzene rings is 2. The normalized spacial score (nSPS) is 16.8. The standard InChI is InChI=1S/C23H24FN3O3/c24-18-6-4-16(5-7-18)23(30)27-12-10-15(11-13-27)21(28)26-20-3-1-2-17(14-20)22(29)25-19-8-9-19/h1-7,14-15,19H,8-13H2,(H,25,29)(H,26,28). The van der Waals surface area contributed by atoms with Crippen LogP contribution in [0.4, 0.5) is 10.1 Å². The van der Waals surface area contributed by atoms with E-state index in [4.69, 9.17) is 0 Å². The smallest absolute Gasteiger partial charge is 0.253 e. The summed E-state index contributed by atoms with van der Waals surface area (Å²) in [5, 5.41) is 5.83. The third-order valence-corrected chi connectivity index (χ3v) is 5.55. The molecule has 1 aliphatic heterocycles. The first-order valence-electron chi connectivity index (χ1n) is 10.3. The van der Waals surface area contributed by atoms with Gasteiger partial charge in [-0.3, -0.25) is 14.4 Å². The van der Waals surface area contributed by atoms with Crippen molar-refractivity contribution >= 4 is 23.4 Å². The largest absolute Gasteiger partial charge is 0.349 e. The molecule has 0 radical (unpaired) electrons. The molecule has 1 saturated heterocycles. The highest BCUT2D eigenvalue weighted by molar-refractivity contribution is 5.98. The predicted molar refractivity (Wildman–Crippen MR) is 111 cm³/mol. The summed E-state index contributed by atoms with van der Waals surface area (Å²) in [7, 11) is 0. The number of carbonyl (C=O) groups excluding carboxylic acids is 3. The number of amides is 3. The summed E-state index contributed by atoms with van der Waals surface area (Å²) in [6.45, 7) is 0.941. The molecule has 2 aliphatic rings. The molecule has 30 heavy (non-hydrogen) atoms. The molecule has 2 N–H and O–H groups in total. The third-order valence-electron chi connectivity index (χ3n) is 5.55. The molecular weight excluding hydrogens is 385 g/mol. The van der Waals surface area contributed by atoms with Crippen LogP contribution in [0.15, 0.2) is 48.5 Å². The highest BCUT2D eigenvalue weighted by Crippen LogP contribution is 2.23. The van der Waals surface area contributed by atoms with Crippen LogP contribution in [-0.2, 0) is 4.79 Å². The average molecular weight is 409 g/mol. The Labute approximate surface area is 174 Å². The molecule has 0 unspecified atom stereocenters. The molecule has 2 fully saturated rings. The van der Waals surface area contributed by atoms with Crippen molar-refractivity contribution in [3.05, 3.63) is 65.5 Å². The van der Waals surface area contributed by atoms with Gasteiger partial charge in [0.15, 0.2) is 0 Å². The van der Waals surface area contributed by atoms with Gasteiger partial charge in [0.25, 0.3) is 11.8 Å². The van der Waals surface area contributed by atoms with E-state index in [2.05, 4.69) is 10.6 Å². The zero-order valence-corrected chi connectivity index (χ0v) is 16.6.